The van der Waals surface area contributed by atoms with Gasteiger partial charge in [-0.3, -0.25) is 14.9 Å². The lowest BCUT2D eigenvalue weighted by Crippen LogP contribution is -2.16. The number of benzene rings is 1. The van der Waals surface area contributed by atoms with Crippen molar-refractivity contribution in [3.05, 3.63) is 54.9 Å². The number of nitro groups is 1. The zero-order valence-electron chi connectivity index (χ0n) is 15.2. The molecule has 0 aliphatic heterocycles. The number of aryl methyl sites for hydroxylation is 1. The first kappa shape index (κ1) is 20.3. The van der Waals surface area contributed by atoms with Gasteiger partial charge in [-0.1, -0.05) is 18.0 Å². The largest absolute Gasteiger partial charge is 0.462 e. The summed E-state index contributed by atoms with van der Waals surface area (Å²) in [5.41, 5.74) is 0.782. The average molecular weight is 423 g/mol. The molecular formula is C19H19ClN2O5S. The molecule has 3 rings (SSSR count). The Kier molecular flexibility index (Phi) is 6.31. The average Bonchev–Trinajstić information content (AvgIpc) is 2.82. The maximum Gasteiger partial charge on any atom is 0.341 e. The van der Waals surface area contributed by atoms with Gasteiger partial charge in [0, 0.05) is 16.0 Å². The monoisotopic (exact) mass is 422 g/mol. The quantitative estimate of drug-likeness (QED) is 0.316. The number of nitrogens with zero attached hydrogens (tertiary/aromatic N) is 1. The van der Waals surface area contributed by atoms with Crippen molar-refractivity contribution in [1.82, 2.24) is 0 Å². The minimum atomic E-state index is -0.662. The molecule has 0 bridgehead atoms. The third-order valence-corrected chi connectivity index (χ3v) is 5.97. The second-order valence-electron chi connectivity index (χ2n) is 6.36. The third kappa shape index (κ3) is 4.18. The van der Waals surface area contributed by atoms with Crippen LogP contribution in [-0.4, -0.2) is 23.4 Å². The number of anilines is 1. The fourth-order valence-corrected chi connectivity index (χ4v) is 4.71. The van der Waals surface area contributed by atoms with E-state index >= 15 is 0 Å². The summed E-state index contributed by atoms with van der Waals surface area (Å²) in [5.74, 6) is -1.15. The molecule has 28 heavy (non-hydrogen) atoms. The molecule has 2 aromatic rings. The van der Waals surface area contributed by atoms with Crippen LogP contribution in [0.1, 0.15) is 57.3 Å². The zero-order valence-corrected chi connectivity index (χ0v) is 16.8. The minimum Gasteiger partial charge on any atom is -0.462 e. The predicted molar refractivity (Wildman–Crippen MR) is 108 cm³/mol. The van der Waals surface area contributed by atoms with E-state index in [-0.39, 0.29) is 22.9 Å². The van der Waals surface area contributed by atoms with Crippen LogP contribution in [0.2, 0.25) is 5.02 Å². The van der Waals surface area contributed by atoms with Crippen LogP contribution in [-0.2, 0) is 17.6 Å². The molecule has 0 radical (unpaired) electrons. The molecule has 1 aromatic heterocycles. The van der Waals surface area contributed by atoms with Crippen LogP contribution in [0.5, 0.6) is 0 Å². The van der Waals surface area contributed by atoms with E-state index in [1.165, 1.54) is 23.5 Å². The fourth-order valence-electron chi connectivity index (χ4n) is 3.27. The van der Waals surface area contributed by atoms with E-state index in [2.05, 4.69) is 5.32 Å². The Morgan fingerprint density at radius 3 is 2.75 bits per heavy atom. The lowest BCUT2D eigenvalue weighted by molar-refractivity contribution is -0.385. The number of carbonyl (C=O) groups excluding carboxylic acids is 2. The highest BCUT2D eigenvalue weighted by atomic mass is 35.5. The van der Waals surface area contributed by atoms with Gasteiger partial charge >= 0.3 is 5.97 Å². The number of fused-ring (bicyclic) bond motifs is 1. The van der Waals surface area contributed by atoms with E-state index in [4.69, 9.17) is 16.3 Å². The van der Waals surface area contributed by atoms with E-state index < -0.39 is 16.8 Å². The van der Waals surface area contributed by atoms with E-state index in [9.17, 15) is 19.7 Å². The molecule has 0 spiro atoms. The number of hydrogen-bond acceptors (Lipinski definition) is 6. The van der Waals surface area contributed by atoms with E-state index in [0.717, 1.165) is 48.6 Å². The smallest absolute Gasteiger partial charge is 0.341 e. The van der Waals surface area contributed by atoms with Crippen molar-refractivity contribution in [3.63, 3.8) is 0 Å². The van der Waals surface area contributed by atoms with Crippen LogP contribution < -0.4 is 5.32 Å². The standard InChI is InChI=1S/C19H19ClN2O5S/c1-2-27-19(24)16-13-6-4-3-5-7-15(13)28-18(16)21-17(23)12-9-8-11(20)10-14(12)22(25)26/h8-10H,2-7H2,1H3,(H,21,23). The molecule has 0 unspecified atom stereocenters. The second-order valence-corrected chi connectivity index (χ2v) is 7.90. The number of ether oxygens (including phenoxy) is 1. The van der Waals surface area contributed by atoms with Crippen LogP contribution >= 0.6 is 22.9 Å². The molecule has 1 heterocycles. The fraction of sp³-hybridized carbons (Fsp3) is 0.368. The van der Waals surface area contributed by atoms with Gasteiger partial charge in [-0.05, 0) is 50.3 Å². The summed E-state index contributed by atoms with van der Waals surface area (Å²) in [5, 5.41) is 14.5. The van der Waals surface area contributed by atoms with Crippen LogP contribution in [0, 0.1) is 10.1 Å². The molecule has 0 saturated carbocycles. The number of nitrogens with one attached hydrogen (secondary N) is 1. The first-order chi connectivity index (χ1) is 13.4. The topological polar surface area (TPSA) is 98.5 Å². The third-order valence-electron chi connectivity index (χ3n) is 4.53. The summed E-state index contributed by atoms with van der Waals surface area (Å²) in [6, 6.07) is 3.85. The maximum absolute atomic E-state index is 12.8. The molecule has 9 heteroatoms. The lowest BCUT2D eigenvalue weighted by Gasteiger charge is -2.09. The molecule has 1 aliphatic carbocycles. The van der Waals surface area contributed by atoms with Crippen LogP contribution in [0.15, 0.2) is 18.2 Å². The molecule has 7 nitrogen and oxygen atoms in total. The summed E-state index contributed by atoms with van der Waals surface area (Å²) < 4.78 is 5.19. The summed E-state index contributed by atoms with van der Waals surface area (Å²) in [6.45, 7) is 1.94. The van der Waals surface area contributed by atoms with Gasteiger partial charge in [0.25, 0.3) is 11.6 Å². The van der Waals surface area contributed by atoms with Crippen molar-refractivity contribution in [2.45, 2.75) is 39.0 Å². The van der Waals surface area contributed by atoms with Crippen molar-refractivity contribution in [1.29, 1.82) is 0 Å². The van der Waals surface area contributed by atoms with Gasteiger partial charge in [0.15, 0.2) is 0 Å². The predicted octanol–water partition coefficient (Wildman–Crippen LogP) is 5.01. The highest BCUT2D eigenvalue weighted by Gasteiger charge is 2.28. The molecule has 0 saturated heterocycles. The second kappa shape index (κ2) is 8.70. The Balaban J connectivity index is 1.99. The van der Waals surface area contributed by atoms with Crippen molar-refractivity contribution in [2.24, 2.45) is 0 Å². The lowest BCUT2D eigenvalue weighted by atomic mass is 10.1. The van der Waals surface area contributed by atoms with Gasteiger partial charge in [-0.15, -0.1) is 11.3 Å². The highest BCUT2D eigenvalue weighted by Crippen LogP contribution is 2.38. The van der Waals surface area contributed by atoms with Crippen LogP contribution in [0.3, 0.4) is 0 Å². The van der Waals surface area contributed by atoms with Crippen molar-refractivity contribution < 1.29 is 19.2 Å². The number of hydrogen-bond donors (Lipinski definition) is 1. The first-order valence-electron chi connectivity index (χ1n) is 8.99. The number of rotatable bonds is 5. The molecular weight excluding hydrogens is 404 g/mol. The summed E-state index contributed by atoms with van der Waals surface area (Å²) in [7, 11) is 0. The van der Waals surface area contributed by atoms with Crippen LogP contribution in [0.25, 0.3) is 0 Å². The normalized spacial score (nSPS) is 13.4. The molecule has 0 atom stereocenters. The number of halogens is 1. The Morgan fingerprint density at radius 2 is 2.04 bits per heavy atom. The number of nitro benzene ring substituents is 1. The zero-order chi connectivity index (χ0) is 20.3. The van der Waals surface area contributed by atoms with E-state index in [0.29, 0.717) is 10.6 Å². The molecule has 148 valence electrons. The molecule has 0 fully saturated rings. The first-order valence-corrected chi connectivity index (χ1v) is 10.2. The van der Waals surface area contributed by atoms with Gasteiger partial charge < -0.3 is 10.1 Å². The Labute approximate surface area is 170 Å². The van der Waals surface area contributed by atoms with Crippen molar-refractivity contribution in [2.75, 3.05) is 11.9 Å². The Hall–Kier alpha value is -2.45. The van der Waals surface area contributed by atoms with Crippen molar-refractivity contribution in [3.8, 4) is 0 Å². The molecule has 1 amide bonds. The molecule has 1 N–H and O–H groups in total. The summed E-state index contributed by atoms with van der Waals surface area (Å²) in [4.78, 5) is 37.0. The Bertz CT molecular complexity index is 941. The number of carbonyl (C=O) groups is 2. The molecule has 1 aromatic carbocycles. The molecule has 1 aliphatic rings. The van der Waals surface area contributed by atoms with Crippen LogP contribution in [0.4, 0.5) is 10.7 Å². The summed E-state index contributed by atoms with van der Waals surface area (Å²) in [6.07, 6.45) is 4.65. The SMILES string of the molecule is CCOC(=O)c1c(NC(=O)c2ccc(Cl)cc2[N+](=O)[O-])sc2c1CCCCC2. The van der Waals surface area contributed by atoms with Gasteiger partial charge in [0.1, 0.15) is 10.6 Å². The van der Waals surface area contributed by atoms with Gasteiger partial charge in [0.05, 0.1) is 17.1 Å². The number of esters is 1. The van der Waals surface area contributed by atoms with Gasteiger partial charge in [0.2, 0.25) is 0 Å². The summed E-state index contributed by atoms with van der Waals surface area (Å²) >= 11 is 7.16. The van der Waals surface area contributed by atoms with Gasteiger partial charge in [-0.25, -0.2) is 4.79 Å². The van der Waals surface area contributed by atoms with E-state index in [1.54, 1.807) is 6.92 Å². The van der Waals surface area contributed by atoms with E-state index in [1.807, 2.05) is 0 Å². The number of thiophene rings is 1. The number of amides is 1. The Morgan fingerprint density at radius 1 is 1.29 bits per heavy atom. The van der Waals surface area contributed by atoms with Crippen molar-refractivity contribution >= 4 is 45.5 Å². The maximum atomic E-state index is 12.8. The minimum absolute atomic E-state index is 0.118. The van der Waals surface area contributed by atoms with Gasteiger partial charge in [-0.2, -0.15) is 0 Å². The highest BCUT2D eigenvalue weighted by molar-refractivity contribution is 7.17.